The zero-order valence-corrected chi connectivity index (χ0v) is 15.4. The molecule has 1 N–H and O–H groups in total. The monoisotopic (exact) mass is 407 g/mol. The number of aromatic nitrogens is 1. The van der Waals surface area contributed by atoms with Crippen LogP contribution in [0.5, 0.6) is 5.75 Å². The molecule has 0 saturated carbocycles. The maximum absolute atomic E-state index is 12.8. The number of hydrogen-bond donors (Lipinski definition) is 1. The predicted molar refractivity (Wildman–Crippen MR) is 99.5 cm³/mol. The highest BCUT2D eigenvalue weighted by atomic mass is 32.1. The van der Waals surface area contributed by atoms with Crippen molar-refractivity contribution in [3.05, 3.63) is 70.0 Å². The lowest BCUT2D eigenvalue weighted by Gasteiger charge is -2.07. The Morgan fingerprint density at radius 1 is 1.14 bits per heavy atom. The maximum Gasteiger partial charge on any atom is 0.416 e. The quantitative estimate of drug-likeness (QED) is 0.594. The molecule has 3 rings (SSSR count). The molecule has 0 radical (unpaired) electrons. The third-order valence-electron chi connectivity index (χ3n) is 3.88. The molecule has 4 nitrogen and oxygen atoms in total. The lowest BCUT2D eigenvalue weighted by molar-refractivity contribution is -0.138. The van der Waals surface area contributed by atoms with Gasteiger partial charge in [0.2, 0.25) is 0 Å². The summed E-state index contributed by atoms with van der Waals surface area (Å²) in [7, 11) is 0. The number of aliphatic carboxylic acids is 1. The molecule has 0 aliphatic heterocycles. The molecule has 3 aromatic rings. The zero-order valence-electron chi connectivity index (χ0n) is 14.6. The molecule has 0 aliphatic carbocycles. The van der Waals surface area contributed by atoms with Gasteiger partial charge in [0.05, 0.1) is 29.3 Å². The summed E-state index contributed by atoms with van der Waals surface area (Å²) in [5.41, 5.74) is 0.851. The topological polar surface area (TPSA) is 59.4 Å². The molecule has 0 unspecified atom stereocenters. The highest BCUT2D eigenvalue weighted by Crippen LogP contribution is 2.32. The second-order valence-electron chi connectivity index (χ2n) is 6.02. The van der Waals surface area contributed by atoms with Crippen LogP contribution in [0.2, 0.25) is 0 Å². The Bertz CT molecular complexity index is 969. The molecular formula is C20H16F3NO3S. The number of ether oxygens (including phenoxy) is 1. The van der Waals surface area contributed by atoms with Crippen molar-refractivity contribution in [3.63, 3.8) is 0 Å². The second kappa shape index (κ2) is 8.43. The van der Waals surface area contributed by atoms with Gasteiger partial charge in [0.1, 0.15) is 5.75 Å². The molecule has 2 aromatic carbocycles. The number of nitrogens with zero attached hydrogens (tertiary/aromatic N) is 1. The van der Waals surface area contributed by atoms with Gasteiger partial charge >= 0.3 is 12.1 Å². The molecule has 0 saturated heterocycles. The van der Waals surface area contributed by atoms with E-state index in [4.69, 9.17) is 9.84 Å². The van der Waals surface area contributed by atoms with Crippen molar-refractivity contribution < 1.29 is 27.8 Å². The van der Waals surface area contributed by atoms with Gasteiger partial charge in [-0.05, 0) is 29.8 Å². The van der Waals surface area contributed by atoms with Crippen LogP contribution in [0.1, 0.15) is 16.1 Å². The van der Waals surface area contributed by atoms with Crippen LogP contribution >= 0.6 is 11.3 Å². The van der Waals surface area contributed by atoms with Crippen molar-refractivity contribution in [3.8, 4) is 17.0 Å². The van der Waals surface area contributed by atoms with Crippen LogP contribution in [0.3, 0.4) is 0 Å². The minimum absolute atomic E-state index is 0.0793. The van der Waals surface area contributed by atoms with E-state index in [-0.39, 0.29) is 6.42 Å². The average molecular weight is 407 g/mol. The Labute approximate surface area is 163 Å². The van der Waals surface area contributed by atoms with E-state index >= 15 is 0 Å². The van der Waals surface area contributed by atoms with Crippen LogP contribution in [-0.2, 0) is 23.8 Å². The van der Waals surface area contributed by atoms with E-state index in [1.54, 1.807) is 35.7 Å². The van der Waals surface area contributed by atoms with E-state index in [9.17, 15) is 18.0 Å². The minimum atomic E-state index is -4.39. The number of hydrogen-bond acceptors (Lipinski definition) is 4. The molecular weight excluding hydrogens is 391 g/mol. The summed E-state index contributed by atoms with van der Waals surface area (Å²) < 4.78 is 44.2. The molecule has 0 amide bonds. The van der Waals surface area contributed by atoms with Crippen molar-refractivity contribution in [1.29, 1.82) is 0 Å². The fraction of sp³-hybridized carbons (Fsp3) is 0.200. The number of alkyl halides is 3. The van der Waals surface area contributed by atoms with Gasteiger partial charge in [-0.15, -0.1) is 11.3 Å². The molecule has 0 bridgehead atoms. The van der Waals surface area contributed by atoms with Gasteiger partial charge in [-0.2, -0.15) is 13.2 Å². The standard InChI is InChI=1S/C20H16F3NO3S/c21-20(22,23)15-5-2-4-14(11-15)17-12-28-18(24-17)7-8-27-16-6-1-3-13(9-16)10-19(25)26/h1-6,9,11-12H,7-8,10H2,(H,25,26). The van der Waals surface area contributed by atoms with Gasteiger partial charge in [0.25, 0.3) is 0 Å². The summed E-state index contributed by atoms with van der Waals surface area (Å²) in [6, 6.07) is 11.9. The summed E-state index contributed by atoms with van der Waals surface area (Å²) in [6.07, 6.45) is -3.98. The van der Waals surface area contributed by atoms with Crippen LogP contribution in [0.4, 0.5) is 13.2 Å². The molecule has 0 fully saturated rings. The Kier molecular flexibility index (Phi) is 5.99. The van der Waals surface area contributed by atoms with E-state index in [0.717, 1.165) is 17.1 Å². The van der Waals surface area contributed by atoms with Crippen molar-refractivity contribution in [2.45, 2.75) is 19.0 Å². The number of rotatable bonds is 7. The minimum Gasteiger partial charge on any atom is -0.493 e. The van der Waals surface area contributed by atoms with E-state index < -0.39 is 17.7 Å². The lowest BCUT2D eigenvalue weighted by Crippen LogP contribution is -2.04. The highest BCUT2D eigenvalue weighted by molar-refractivity contribution is 7.09. The molecule has 0 aliphatic rings. The summed E-state index contributed by atoms with van der Waals surface area (Å²) in [5.74, 6) is -0.351. The highest BCUT2D eigenvalue weighted by Gasteiger charge is 2.30. The van der Waals surface area contributed by atoms with Crippen molar-refractivity contribution in [2.24, 2.45) is 0 Å². The van der Waals surface area contributed by atoms with Crippen LogP contribution in [0.15, 0.2) is 53.9 Å². The third kappa shape index (κ3) is 5.32. The maximum atomic E-state index is 12.8. The van der Waals surface area contributed by atoms with Crippen LogP contribution in [-0.4, -0.2) is 22.7 Å². The number of carboxylic acids is 1. The molecule has 0 spiro atoms. The van der Waals surface area contributed by atoms with E-state index in [0.29, 0.717) is 35.6 Å². The first-order valence-electron chi connectivity index (χ1n) is 8.37. The Balaban J connectivity index is 1.61. The van der Waals surface area contributed by atoms with Gasteiger partial charge in [0.15, 0.2) is 0 Å². The van der Waals surface area contributed by atoms with Gasteiger partial charge in [-0.3, -0.25) is 4.79 Å². The first kappa shape index (κ1) is 19.9. The predicted octanol–water partition coefficient (Wildman–Crippen LogP) is 5.08. The summed E-state index contributed by atoms with van der Waals surface area (Å²) in [6.45, 7) is 0.325. The van der Waals surface area contributed by atoms with Gasteiger partial charge in [-0.25, -0.2) is 4.98 Å². The van der Waals surface area contributed by atoms with Gasteiger partial charge in [-0.1, -0.05) is 24.3 Å². The summed E-state index contributed by atoms with van der Waals surface area (Å²) in [4.78, 5) is 15.1. The van der Waals surface area contributed by atoms with Crippen LogP contribution in [0, 0.1) is 0 Å². The molecule has 0 atom stereocenters. The normalized spacial score (nSPS) is 11.4. The number of halogens is 3. The SMILES string of the molecule is O=C(O)Cc1cccc(OCCc2nc(-c3cccc(C(F)(F)F)c3)cs2)c1. The first-order chi connectivity index (χ1) is 13.3. The molecule has 8 heteroatoms. The Hall–Kier alpha value is -2.87. The largest absolute Gasteiger partial charge is 0.493 e. The third-order valence-corrected chi connectivity index (χ3v) is 4.78. The molecule has 28 heavy (non-hydrogen) atoms. The van der Waals surface area contributed by atoms with E-state index in [1.165, 1.54) is 17.4 Å². The number of benzene rings is 2. The van der Waals surface area contributed by atoms with Crippen LogP contribution < -0.4 is 4.74 Å². The number of thiazole rings is 1. The zero-order chi connectivity index (χ0) is 20.1. The lowest BCUT2D eigenvalue weighted by atomic mass is 10.1. The molecule has 146 valence electrons. The fourth-order valence-electron chi connectivity index (χ4n) is 2.59. The van der Waals surface area contributed by atoms with Crippen molar-refractivity contribution >= 4 is 17.3 Å². The van der Waals surface area contributed by atoms with Crippen molar-refractivity contribution in [1.82, 2.24) is 4.98 Å². The Morgan fingerprint density at radius 3 is 2.68 bits per heavy atom. The molecule has 1 heterocycles. The summed E-state index contributed by atoms with van der Waals surface area (Å²) >= 11 is 1.35. The average Bonchev–Trinajstić information content (AvgIpc) is 3.10. The first-order valence-corrected chi connectivity index (χ1v) is 9.25. The summed E-state index contributed by atoms with van der Waals surface area (Å²) in [5, 5.41) is 11.3. The van der Waals surface area contributed by atoms with E-state index in [2.05, 4.69) is 4.98 Å². The van der Waals surface area contributed by atoms with E-state index in [1.807, 2.05) is 0 Å². The van der Waals surface area contributed by atoms with Crippen LogP contribution in [0.25, 0.3) is 11.3 Å². The smallest absolute Gasteiger partial charge is 0.416 e. The Morgan fingerprint density at radius 2 is 1.93 bits per heavy atom. The molecule has 1 aromatic heterocycles. The van der Waals surface area contributed by atoms with Gasteiger partial charge < -0.3 is 9.84 Å². The number of carbonyl (C=O) groups is 1. The van der Waals surface area contributed by atoms with Gasteiger partial charge in [0, 0.05) is 17.4 Å². The number of carboxylic acid groups (broad SMARTS) is 1. The van der Waals surface area contributed by atoms with Crippen molar-refractivity contribution in [2.75, 3.05) is 6.61 Å². The fourth-order valence-corrected chi connectivity index (χ4v) is 3.38. The second-order valence-corrected chi connectivity index (χ2v) is 6.96.